The van der Waals surface area contributed by atoms with Crippen LogP contribution in [-0.2, 0) is 11.8 Å². The first-order valence-electron chi connectivity index (χ1n) is 7.85. The quantitative estimate of drug-likeness (QED) is 0.927. The molecule has 0 unspecified atom stereocenters. The molecular formula is C16H20N4O3. The van der Waals surface area contributed by atoms with Crippen molar-refractivity contribution >= 4 is 22.9 Å². The SMILES string of the molecule is Cn1nnc2cc(C(=O)N3CCC[C@H](CCC(=O)O)C3)ccc21. The Balaban J connectivity index is 1.71. The summed E-state index contributed by atoms with van der Waals surface area (Å²) in [5.41, 5.74) is 2.20. The summed E-state index contributed by atoms with van der Waals surface area (Å²) in [4.78, 5) is 25.2. The summed E-state index contributed by atoms with van der Waals surface area (Å²) in [6.07, 6.45) is 2.70. The molecule has 2 aromatic rings. The molecule has 1 amide bonds. The molecular weight excluding hydrogens is 296 g/mol. The Morgan fingerprint density at radius 1 is 1.39 bits per heavy atom. The van der Waals surface area contributed by atoms with E-state index in [9.17, 15) is 9.59 Å². The number of rotatable bonds is 4. The predicted molar refractivity (Wildman–Crippen MR) is 84.0 cm³/mol. The molecule has 0 spiro atoms. The molecule has 1 saturated heterocycles. The highest BCUT2D eigenvalue weighted by Crippen LogP contribution is 2.23. The van der Waals surface area contributed by atoms with Crippen molar-refractivity contribution in [2.75, 3.05) is 13.1 Å². The lowest BCUT2D eigenvalue weighted by Crippen LogP contribution is -2.40. The van der Waals surface area contributed by atoms with Crippen LogP contribution in [0.1, 0.15) is 36.0 Å². The molecule has 0 saturated carbocycles. The summed E-state index contributed by atoms with van der Waals surface area (Å²) in [5, 5.41) is 16.8. The van der Waals surface area contributed by atoms with Gasteiger partial charge in [0, 0.05) is 32.1 Å². The number of aromatic nitrogens is 3. The molecule has 0 radical (unpaired) electrons. The molecule has 23 heavy (non-hydrogen) atoms. The van der Waals surface area contributed by atoms with E-state index in [-0.39, 0.29) is 18.2 Å². The van der Waals surface area contributed by atoms with Crippen molar-refractivity contribution in [2.45, 2.75) is 25.7 Å². The molecule has 1 atom stereocenters. The first kappa shape index (κ1) is 15.5. The van der Waals surface area contributed by atoms with Crippen LogP contribution in [0.5, 0.6) is 0 Å². The highest BCUT2D eigenvalue weighted by atomic mass is 16.4. The van der Waals surface area contributed by atoms with Gasteiger partial charge in [-0.2, -0.15) is 0 Å². The highest BCUT2D eigenvalue weighted by molar-refractivity contribution is 5.97. The van der Waals surface area contributed by atoms with Gasteiger partial charge in [0.2, 0.25) is 0 Å². The van der Waals surface area contributed by atoms with Gasteiger partial charge in [0.1, 0.15) is 5.52 Å². The zero-order valence-corrected chi connectivity index (χ0v) is 13.1. The van der Waals surface area contributed by atoms with Crippen LogP contribution in [0.15, 0.2) is 18.2 Å². The summed E-state index contributed by atoms with van der Waals surface area (Å²) in [5.74, 6) is -0.525. The largest absolute Gasteiger partial charge is 0.481 e. The number of amides is 1. The third-order valence-electron chi connectivity index (χ3n) is 4.43. The average Bonchev–Trinajstić information content (AvgIpc) is 2.93. The number of carboxylic acids is 1. The van der Waals surface area contributed by atoms with Crippen LogP contribution in [0.3, 0.4) is 0 Å². The Morgan fingerprint density at radius 3 is 3.00 bits per heavy atom. The van der Waals surface area contributed by atoms with Gasteiger partial charge in [-0.3, -0.25) is 9.59 Å². The maximum atomic E-state index is 12.7. The molecule has 2 heterocycles. The minimum Gasteiger partial charge on any atom is -0.481 e. The molecule has 3 rings (SSSR count). The minimum atomic E-state index is -0.776. The summed E-state index contributed by atoms with van der Waals surface area (Å²) in [7, 11) is 1.81. The van der Waals surface area contributed by atoms with Crippen molar-refractivity contribution in [1.82, 2.24) is 19.9 Å². The van der Waals surface area contributed by atoms with Crippen LogP contribution in [0.2, 0.25) is 0 Å². The number of likely N-dealkylation sites (tertiary alicyclic amines) is 1. The smallest absolute Gasteiger partial charge is 0.303 e. The fourth-order valence-corrected chi connectivity index (χ4v) is 3.17. The van der Waals surface area contributed by atoms with Crippen LogP contribution >= 0.6 is 0 Å². The van der Waals surface area contributed by atoms with Gasteiger partial charge in [-0.25, -0.2) is 4.68 Å². The second kappa shape index (κ2) is 6.36. The number of nitrogens with zero attached hydrogens (tertiary/aromatic N) is 4. The molecule has 1 aromatic heterocycles. The van der Waals surface area contributed by atoms with E-state index < -0.39 is 5.97 Å². The van der Waals surface area contributed by atoms with Crippen LogP contribution < -0.4 is 0 Å². The van der Waals surface area contributed by atoms with Crippen molar-refractivity contribution in [3.63, 3.8) is 0 Å². The van der Waals surface area contributed by atoms with Crippen molar-refractivity contribution in [1.29, 1.82) is 0 Å². The number of carbonyl (C=O) groups is 2. The lowest BCUT2D eigenvalue weighted by molar-refractivity contribution is -0.137. The molecule has 122 valence electrons. The summed E-state index contributed by atoms with van der Waals surface area (Å²) in [6, 6.07) is 5.43. The zero-order chi connectivity index (χ0) is 16.4. The number of aryl methyl sites for hydroxylation is 1. The summed E-state index contributed by atoms with van der Waals surface area (Å²) >= 11 is 0. The molecule has 1 aliphatic rings. The van der Waals surface area contributed by atoms with Gasteiger partial charge in [-0.1, -0.05) is 5.21 Å². The summed E-state index contributed by atoms with van der Waals surface area (Å²) in [6.45, 7) is 1.35. The Labute approximate surface area is 133 Å². The van der Waals surface area contributed by atoms with E-state index in [1.807, 2.05) is 18.0 Å². The van der Waals surface area contributed by atoms with Crippen LogP contribution in [0.4, 0.5) is 0 Å². The van der Waals surface area contributed by atoms with Gasteiger partial charge in [-0.05, 0) is 43.4 Å². The third kappa shape index (κ3) is 3.33. The Morgan fingerprint density at radius 2 is 2.22 bits per heavy atom. The number of carboxylic acid groups (broad SMARTS) is 1. The van der Waals surface area contributed by atoms with Crippen molar-refractivity contribution in [3.8, 4) is 0 Å². The number of fused-ring (bicyclic) bond motifs is 1. The van der Waals surface area contributed by atoms with Crippen molar-refractivity contribution in [2.24, 2.45) is 13.0 Å². The third-order valence-corrected chi connectivity index (χ3v) is 4.43. The number of hydrogen-bond acceptors (Lipinski definition) is 4. The summed E-state index contributed by atoms with van der Waals surface area (Å²) < 4.78 is 1.67. The fraction of sp³-hybridized carbons (Fsp3) is 0.500. The monoisotopic (exact) mass is 316 g/mol. The van der Waals surface area contributed by atoms with E-state index in [1.54, 1.807) is 16.8 Å². The first-order valence-corrected chi connectivity index (χ1v) is 7.85. The molecule has 7 nitrogen and oxygen atoms in total. The van der Waals surface area contributed by atoms with Gasteiger partial charge in [0.25, 0.3) is 5.91 Å². The van der Waals surface area contributed by atoms with E-state index in [0.717, 1.165) is 24.9 Å². The number of piperidine rings is 1. The highest BCUT2D eigenvalue weighted by Gasteiger charge is 2.25. The van der Waals surface area contributed by atoms with Crippen LogP contribution in [0.25, 0.3) is 11.0 Å². The topological polar surface area (TPSA) is 88.3 Å². The molecule has 0 bridgehead atoms. The number of benzene rings is 1. The molecule has 1 aliphatic heterocycles. The van der Waals surface area contributed by atoms with Crippen LogP contribution in [-0.4, -0.2) is 50.0 Å². The van der Waals surface area contributed by atoms with Gasteiger partial charge in [0.15, 0.2) is 0 Å². The van der Waals surface area contributed by atoms with E-state index >= 15 is 0 Å². The number of carbonyl (C=O) groups excluding carboxylic acids is 1. The van der Waals surface area contributed by atoms with Gasteiger partial charge in [0.05, 0.1) is 5.52 Å². The lowest BCUT2D eigenvalue weighted by Gasteiger charge is -2.32. The maximum Gasteiger partial charge on any atom is 0.303 e. The molecule has 7 heteroatoms. The zero-order valence-electron chi connectivity index (χ0n) is 13.1. The second-order valence-corrected chi connectivity index (χ2v) is 6.11. The van der Waals surface area contributed by atoms with Crippen molar-refractivity contribution in [3.05, 3.63) is 23.8 Å². The fourth-order valence-electron chi connectivity index (χ4n) is 3.17. The molecule has 0 aliphatic carbocycles. The van der Waals surface area contributed by atoms with Crippen molar-refractivity contribution < 1.29 is 14.7 Å². The second-order valence-electron chi connectivity index (χ2n) is 6.11. The predicted octanol–water partition coefficient (Wildman–Crippen LogP) is 1.69. The molecule has 1 fully saturated rings. The minimum absolute atomic E-state index is 0.0161. The number of hydrogen-bond donors (Lipinski definition) is 1. The van der Waals surface area contributed by atoms with Gasteiger partial charge >= 0.3 is 5.97 Å². The van der Waals surface area contributed by atoms with E-state index in [4.69, 9.17) is 5.11 Å². The van der Waals surface area contributed by atoms with Crippen LogP contribution in [0, 0.1) is 5.92 Å². The van der Waals surface area contributed by atoms with Gasteiger partial charge in [-0.15, -0.1) is 5.10 Å². The molecule has 1 N–H and O–H groups in total. The maximum absolute atomic E-state index is 12.7. The average molecular weight is 316 g/mol. The van der Waals surface area contributed by atoms with E-state index in [0.29, 0.717) is 24.0 Å². The van der Waals surface area contributed by atoms with E-state index in [1.165, 1.54) is 0 Å². The van der Waals surface area contributed by atoms with Gasteiger partial charge < -0.3 is 10.0 Å². The standard InChI is InChI=1S/C16H20N4O3/c1-19-14-6-5-12(9-13(14)17-18-19)16(23)20-8-2-3-11(10-20)4-7-15(21)22/h5-6,9,11H,2-4,7-8,10H2,1H3,(H,21,22)/t11-/m1/s1. The Bertz CT molecular complexity index is 740. The normalized spacial score (nSPS) is 18.3. The Kier molecular flexibility index (Phi) is 4.27. The number of aliphatic carboxylic acids is 1. The first-order chi connectivity index (χ1) is 11.0. The van der Waals surface area contributed by atoms with E-state index in [2.05, 4.69) is 10.3 Å². The Hall–Kier alpha value is -2.44. The lowest BCUT2D eigenvalue weighted by atomic mass is 9.93. The molecule has 1 aromatic carbocycles.